The van der Waals surface area contributed by atoms with Crippen molar-refractivity contribution in [3.63, 3.8) is 0 Å². The molecule has 1 aliphatic carbocycles. The second-order valence-corrected chi connectivity index (χ2v) is 6.64. The van der Waals surface area contributed by atoms with Crippen LogP contribution in [0.5, 0.6) is 0 Å². The lowest BCUT2D eigenvalue weighted by atomic mass is 9.86. The molecule has 7 heteroatoms. The Morgan fingerprint density at radius 3 is 2.78 bits per heavy atom. The number of hydrogen-bond acceptors (Lipinski definition) is 4. The van der Waals surface area contributed by atoms with E-state index in [1.807, 2.05) is 0 Å². The molecule has 130 valence electrons. The number of esters is 1. The van der Waals surface area contributed by atoms with Crippen LogP contribution in [0, 0.1) is 5.92 Å². The minimum atomic E-state index is -0.550. The number of methoxy groups -OCH3 is 1. The minimum absolute atomic E-state index is 0.00474. The number of nitrogens with one attached hydrogen (secondary N) is 3. The predicted octanol–water partition coefficient (Wildman–Crippen LogP) is -1.37. The summed E-state index contributed by atoms with van der Waals surface area (Å²) in [5.41, 5.74) is 0. The zero-order valence-electron chi connectivity index (χ0n) is 14.0. The van der Waals surface area contributed by atoms with Crippen molar-refractivity contribution in [2.75, 3.05) is 26.7 Å². The molecule has 0 aromatic carbocycles. The lowest BCUT2D eigenvalue weighted by molar-refractivity contribution is -0.909. The first-order valence-electron chi connectivity index (χ1n) is 8.49. The van der Waals surface area contributed by atoms with E-state index in [0.29, 0.717) is 19.0 Å². The van der Waals surface area contributed by atoms with Gasteiger partial charge in [0.25, 0.3) is 11.8 Å². The lowest BCUT2D eigenvalue weighted by Crippen LogP contribution is -3.20. The van der Waals surface area contributed by atoms with E-state index in [2.05, 4.69) is 22.3 Å². The van der Waals surface area contributed by atoms with Crippen LogP contribution in [0.25, 0.3) is 0 Å². The Balaban J connectivity index is 1.91. The molecule has 3 N–H and O–H groups in total. The summed E-state index contributed by atoms with van der Waals surface area (Å²) in [4.78, 5) is 36.7. The van der Waals surface area contributed by atoms with Gasteiger partial charge in [0.2, 0.25) is 0 Å². The van der Waals surface area contributed by atoms with Crippen LogP contribution in [-0.2, 0) is 19.1 Å². The Labute approximate surface area is 137 Å². The molecule has 1 saturated carbocycles. The average Bonchev–Trinajstić information content (AvgIpc) is 2.52. The summed E-state index contributed by atoms with van der Waals surface area (Å²) in [6, 6.07) is -0.320. The highest BCUT2D eigenvalue weighted by Gasteiger charge is 2.37. The van der Waals surface area contributed by atoms with Crippen molar-refractivity contribution in [1.29, 1.82) is 0 Å². The number of ether oxygens (including phenoxy) is 1. The fourth-order valence-electron chi connectivity index (χ4n) is 3.52. The van der Waals surface area contributed by atoms with Gasteiger partial charge in [-0.2, -0.15) is 0 Å². The van der Waals surface area contributed by atoms with Crippen molar-refractivity contribution in [3.8, 4) is 0 Å². The van der Waals surface area contributed by atoms with E-state index in [1.165, 1.54) is 13.5 Å². The van der Waals surface area contributed by atoms with Gasteiger partial charge in [0, 0.05) is 6.04 Å². The van der Waals surface area contributed by atoms with Gasteiger partial charge in [-0.3, -0.25) is 14.4 Å². The topological polar surface area (TPSA) is 88.9 Å². The largest absolute Gasteiger partial charge is 0.469 e. The third kappa shape index (κ3) is 4.92. The summed E-state index contributed by atoms with van der Waals surface area (Å²) in [6.07, 6.45) is 4.56. The van der Waals surface area contributed by atoms with Gasteiger partial charge in [0.1, 0.15) is 6.42 Å². The third-order valence-corrected chi connectivity index (χ3v) is 5.00. The summed E-state index contributed by atoms with van der Waals surface area (Å²) in [6.45, 7) is 3.56. The molecule has 4 atom stereocenters. The van der Waals surface area contributed by atoms with Crippen LogP contribution in [0.15, 0.2) is 0 Å². The Bertz CT molecular complexity index is 455. The Hall–Kier alpha value is -1.63. The van der Waals surface area contributed by atoms with E-state index in [4.69, 9.17) is 0 Å². The smallest absolute Gasteiger partial charge is 0.312 e. The summed E-state index contributed by atoms with van der Waals surface area (Å²) in [5.74, 6) is -0.150. The molecule has 0 aromatic heterocycles. The molecule has 23 heavy (non-hydrogen) atoms. The number of quaternary nitrogens is 1. The molecule has 1 heterocycles. The number of piperazine rings is 1. The van der Waals surface area contributed by atoms with Gasteiger partial charge in [-0.15, -0.1) is 0 Å². The number of carbonyl (C=O) groups is 3. The second kappa shape index (κ2) is 8.29. The average molecular weight is 326 g/mol. The number of rotatable bonds is 5. The molecule has 7 nitrogen and oxygen atoms in total. The molecule has 0 aromatic rings. The maximum Gasteiger partial charge on any atom is 0.312 e. The van der Waals surface area contributed by atoms with Gasteiger partial charge < -0.3 is 20.3 Å². The fourth-order valence-corrected chi connectivity index (χ4v) is 3.52. The van der Waals surface area contributed by atoms with Gasteiger partial charge in [-0.1, -0.05) is 19.8 Å². The quantitative estimate of drug-likeness (QED) is 0.544. The second-order valence-electron chi connectivity index (χ2n) is 6.64. The highest BCUT2D eigenvalue weighted by atomic mass is 16.5. The first kappa shape index (κ1) is 17.7. The van der Waals surface area contributed by atoms with Crippen LogP contribution < -0.4 is 15.5 Å². The summed E-state index contributed by atoms with van der Waals surface area (Å²) in [5, 5.41) is 5.86. The van der Waals surface area contributed by atoms with E-state index in [0.717, 1.165) is 24.2 Å². The van der Waals surface area contributed by atoms with E-state index in [9.17, 15) is 14.4 Å². The van der Waals surface area contributed by atoms with E-state index in [1.54, 1.807) is 0 Å². The number of amides is 2. The van der Waals surface area contributed by atoms with Gasteiger partial charge >= 0.3 is 5.97 Å². The SMILES string of the molecule is COC(=O)C[C@H]1C(=O)NCC[NH+]1CC(=O)N[C@H]1CCCC[C@@H]1C. The maximum absolute atomic E-state index is 12.4. The molecule has 2 aliphatic rings. The monoisotopic (exact) mass is 326 g/mol. The molecular weight excluding hydrogens is 298 g/mol. The van der Waals surface area contributed by atoms with Gasteiger partial charge in [0.15, 0.2) is 12.6 Å². The van der Waals surface area contributed by atoms with E-state index < -0.39 is 12.0 Å². The van der Waals surface area contributed by atoms with Crippen molar-refractivity contribution >= 4 is 17.8 Å². The first-order valence-corrected chi connectivity index (χ1v) is 8.49. The summed E-state index contributed by atoms with van der Waals surface area (Å²) < 4.78 is 4.66. The maximum atomic E-state index is 12.4. The van der Waals surface area contributed by atoms with Crippen molar-refractivity contribution in [1.82, 2.24) is 10.6 Å². The highest BCUT2D eigenvalue weighted by Crippen LogP contribution is 2.23. The molecule has 0 radical (unpaired) electrons. The predicted molar refractivity (Wildman–Crippen MR) is 83.7 cm³/mol. The van der Waals surface area contributed by atoms with Crippen LogP contribution in [0.1, 0.15) is 39.0 Å². The van der Waals surface area contributed by atoms with Crippen molar-refractivity contribution in [2.24, 2.45) is 5.92 Å². The standard InChI is InChI=1S/C16H27N3O4/c1-11-5-3-4-6-12(11)18-14(20)10-19-8-7-17-16(22)13(19)9-15(21)23-2/h11-13H,3-10H2,1-2H3,(H,17,22)(H,18,20)/p+1/t11-,12-,13-/m0/s1. The third-order valence-electron chi connectivity index (χ3n) is 5.00. The molecule has 2 rings (SSSR count). The van der Waals surface area contributed by atoms with Crippen LogP contribution >= 0.6 is 0 Å². The first-order chi connectivity index (χ1) is 11.0. The number of hydrogen-bond donors (Lipinski definition) is 3. The Morgan fingerprint density at radius 2 is 2.09 bits per heavy atom. The normalized spacial score (nSPS) is 31.1. The molecule has 1 aliphatic heterocycles. The Morgan fingerprint density at radius 1 is 1.35 bits per heavy atom. The Kier molecular flexibility index (Phi) is 6.38. The van der Waals surface area contributed by atoms with Gasteiger partial charge in [0.05, 0.1) is 20.2 Å². The van der Waals surface area contributed by atoms with Crippen molar-refractivity contribution in [3.05, 3.63) is 0 Å². The molecular formula is C16H28N3O4+. The molecule has 1 unspecified atom stereocenters. The van der Waals surface area contributed by atoms with Gasteiger partial charge in [-0.25, -0.2) is 0 Å². The van der Waals surface area contributed by atoms with E-state index in [-0.39, 0.29) is 30.8 Å². The minimum Gasteiger partial charge on any atom is -0.469 e. The van der Waals surface area contributed by atoms with Crippen LogP contribution in [0.4, 0.5) is 0 Å². The highest BCUT2D eigenvalue weighted by molar-refractivity contribution is 5.86. The van der Waals surface area contributed by atoms with Crippen LogP contribution in [-0.4, -0.2) is 56.6 Å². The van der Waals surface area contributed by atoms with Gasteiger partial charge in [-0.05, 0) is 18.8 Å². The molecule has 1 saturated heterocycles. The zero-order chi connectivity index (χ0) is 16.8. The fraction of sp³-hybridized carbons (Fsp3) is 0.812. The zero-order valence-corrected chi connectivity index (χ0v) is 14.0. The summed E-state index contributed by atoms with van der Waals surface area (Å²) >= 11 is 0. The lowest BCUT2D eigenvalue weighted by Gasteiger charge is -2.33. The van der Waals surface area contributed by atoms with Crippen molar-refractivity contribution in [2.45, 2.75) is 51.1 Å². The molecule has 2 fully saturated rings. The summed E-state index contributed by atoms with van der Waals surface area (Å²) in [7, 11) is 1.31. The number of carbonyl (C=O) groups excluding carboxylic acids is 3. The van der Waals surface area contributed by atoms with Crippen LogP contribution in [0.3, 0.4) is 0 Å². The molecule has 2 amide bonds. The van der Waals surface area contributed by atoms with Crippen LogP contribution in [0.2, 0.25) is 0 Å². The van der Waals surface area contributed by atoms with E-state index >= 15 is 0 Å². The molecule has 0 bridgehead atoms. The molecule has 0 spiro atoms. The van der Waals surface area contributed by atoms with Crippen molar-refractivity contribution < 1.29 is 24.0 Å².